The summed E-state index contributed by atoms with van der Waals surface area (Å²) in [5, 5.41) is 10.7. The standard InChI is InChI=1S/C15H18N2O2S/c1-2-6-16-7-8-17(15(16)19)11-14-10-13(12-20-14)5-3-4-9-18/h7-8,10,12,18H,2,4,6,9,11H2,1H3. The van der Waals surface area contributed by atoms with Crippen molar-refractivity contribution >= 4 is 11.3 Å². The van der Waals surface area contributed by atoms with E-state index in [1.807, 2.05) is 23.8 Å². The number of nitrogens with zero attached hydrogens (tertiary/aromatic N) is 2. The molecule has 0 aliphatic heterocycles. The minimum Gasteiger partial charge on any atom is -0.395 e. The Morgan fingerprint density at radius 2 is 2.15 bits per heavy atom. The average molecular weight is 290 g/mol. The third-order valence-corrected chi connectivity index (χ3v) is 3.75. The summed E-state index contributed by atoms with van der Waals surface area (Å²) in [6.45, 7) is 3.49. The van der Waals surface area contributed by atoms with E-state index in [0.29, 0.717) is 13.0 Å². The Hall–Kier alpha value is -1.77. The molecule has 0 fully saturated rings. The van der Waals surface area contributed by atoms with E-state index in [0.717, 1.165) is 23.4 Å². The first kappa shape index (κ1) is 14.6. The highest BCUT2D eigenvalue weighted by atomic mass is 32.1. The van der Waals surface area contributed by atoms with Gasteiger partial charge in [0.2, 0.25) is 0 Å². The van der Waals surface area contributed by atoms with Crippen molar-refractivity contribution in [3.63, 3.8) is 0 Å². The van der Waals surface area contributed by atoms with Gasteiger partial charge in [0.1, 0.15) is 0 Å². The van der Waals surface area contributed by atoms with Gasteiger partial charge < -0.3 is 5.11 Å². The molecule has 2 rings (SSSR count). The molecule has 2 aromatic heterocycles. The molecule has 0 amide bonds. The first-order chi connectivity index (χ1) is 9.74. The number of thiophene rings is 1. The second-order valence-corrected chi connectivity index (χ2v) is 5.47. The summed E-state index contributed by atoms with van der Waals surface area (Å²) in [5.41, 5.74) is 0.979. The van der Waals surface area contributed by atoms with Gasteiger partial charge in [-0.25, -0.2) is 4.79 Å². The largest absolute Gasteiger partial charge is 0.395 e. The Balaban J connectivity index is 2.08. The SMILES string of the molecule is CCCn1ccn(Cc2cc(C#CCCO)cs2)c1=O. The Bertz CT molecular complexity index is 670. The molecule has 0 spiro atoms. The topological polar surface area (TPSA) is 47.2 Å². The lowest BCUT2D eigenvalue weighted by atomic mass is 10.3. The molecular formula is C15H18N2O2S. The summed E-state index contributed by atoms with van der Waals surface area (Å²) in [6.07, 6.45) is 5.11. The molecule has 5 heteroatoms. The fourth-order valence-electron chi connectivity index (χ4n) is 1.90. The zero-order valence-electron chi connectivity index (χ0n) is 11.5. The predicted molar refractivity (Wildman–Crippen MR) is 81.0 cm³/mol. The van der Waals surface area contributed by atoms with Crippen LogP contribution in [0.3, 0.4) is 0 Å². The Kier molecular flexibility index (Phi) is 5.22. The van der Waals surface area contributed by atoms with Crippen LogP contribution in [0.15, 0.2) is 28.6 Å². The summed E-state index contributed by atoms with van der Waals surface area (Å²) < 4.78 is 3.45. The number of aliphatic hydroxyl groups is 1. The van der Waals surface area contributed by atoms with Crippen LogP contribution in [0.1, 0.15) is 30.2 Å². The molecule has 20 heavy (non-hydrogen) atoms. The van der Waals surface area contributed by atoms with Gasteiger partial charge in [-0.2, -0.15) is 0 Å². The van der Waals surface area contributed by atoms with Gasteiger partial charge in [-0.1, -0.05) is 18.8 Å². The molecule has 106 valence electrons. The number of aliphatic hydroxyl groups excluding tert-OH is 1. The molecule has 0 atom stereocenters. The van der Waals surface area contributed by atoms with Crippen molar-refractivity contribution in [1.29, 1.82) is 0 Å². The van der Waals surface area contributed by atoms with E-state index in [2.05, 4.69) is 18.8 Å². The number of aromatic nitrogens is 2. The number of hydrogen-bond acceptors (Lipinski definition) is 3. The van der Waals surface area contributed by atoms with Gasteiger partial charge in [-0.15, -0.1) is 11.3 Å². The molecule has 0 aliphatic carbocycles. The van der Waals surface area contributed by atoms with E-state index in [1.165, 1.54) is 0 Å². The van der Waals surface area contributed by atoms with Crippen molar-refractivity contribution in [3.05, 3.63) is 44.8 Å². The van der Waals surface area contributed by atoms with Crippen molar-refractivity contribution < 1.29 is 5.11 Å². The van der Waals surface area contributed by atoms with Gasteiger partial charge in [0.15, 0.2) is 0 Å². The van der Waals surface area contributed by atoms with Crippen molar-refractivity contribution in [2.24, 2.45) is 0 Å². The van der Waals surface area contributed by atoms with E-state index in [9.17, 15) is 4.79 Å². The Morgan fingerprint density at radius 1 is 1.35 bits per heavy atom. The number of imidazole rings is 1. The van der Waals surface area contributed by atoms with Crippen LogP contribution in [0.4, 0.5) is 0 Å². The first-order valence-corrected chi connectivity index (χ1v) is 7.55. The number of hydrogen-bond donors (Lipinski definition) is 1. The average Bonchev–Trinajstić information content (AvgIpc) is 3.01. The van der Waals surface area contributed by atoms with Crippen LogP contribution in [0, 0.1) is 11.8 Å². The molecule has 4 nitrogen and oxygen atoms in total. The van der Waals surface area contributed by atoms with E-state index in [-0.39, 0.29) is 12.3 Å². The second-order valence-electron chi connectivity index (χ2n) is 4.48. The molecule has 0 unspecified atom stereocenters. The van der Waals surface area contributed by atoms with E-state index >= 15 is 0 Å². The number of aryl methyl sites for hydroxylation is 1. The minimum absolute atomic E-state index is 0.0353. The summed E-state index contributed by atoms with van der Waals surface area (Å²) in [7, 11) is 0. The lowest BCUT2D eigenvalue weighted by molar-refractivity contribution is 0.305. The van der Waals surface area contributed by atoms with Gasteiger partial charge in [0.25, 0.3) is 0 Å². The van der Waals surface area contributed by atoms with Crippen molar-refractivity contribution in [3.8, 4) is 11.8 Å². The third-order valence-electron chi connectivity index (χ3n) is 2.83. The number of rotatable bonds is 5. The zero-order chi connectivity index (χ0) is 14.4. The van der Waals surface area contributed by atoms with Gasteiger partial charge in [0.05, 0.1) is 13.2 Å². The van der Waals surface area contributed by atoms with Crippen LogP contribution >= 0.6 is 11.3 Å². The highest BCUT2D eigenvalue weighted by Gasteiger charge is 2.05. The van der Waals surface area contributed by atoms with Crippen LogP contribution < -0.4 is 5.69 Å². The predicted octanol–water partition coefficient (Wildman–Crippen LogP) is 1.90. The van der Waals surface area contributed by atoms with Crippen molar-refractivity contribution in [1.82, 2.24) is 9.13 Å². The van der Waals surface area contributed by atoms with E-state index in [4.69, 9.17) is 5.11 Å². The summed E-state index contributed by atoms with van der Waals surface area (Å²) in [4.78, 5) is 13.2. The Morgan fingerprint density at radius 3 is 2.90 bits per heavy atom. The molecule has 0 aromatic carbocycles. The molecule has 0 bridgehead atoms. The van der Waals surface area contributed by atoms with Crippen LogP contribution in [0.2, 0.25) is 0 Å². The maximum absolute atomic E-state index is 12.1. The van der Waals surface area contributed by atoms with Crippen LogP contribution in [0.5, 0.6) is 0 Å². The molecule has 2 aromatic rings. The summed E-state index contributed by atoms with van der Waals surface area (Å²) in [6, 6.07) is 2.00. The van der Waals surface area contributed by atoms with Gasteiger partial charge in [-0.3, -0.25) is 9.13 Å². The zero-order valence-corrected chi connectivity index (χ0v) is 12.3. The van der Waals surface area contributed by atoms with Gasteiger partial charge in [0, 0.05) is 41.2 Å². The monoisotopic (exact) mass is 290 g/mol. The fourth-order valence-corrected chi connectivity index (χ4v) is 2.72. The minimum atomic E-state index is 0.0353. The molecule has 1 N–H and O–H groups in total. The first-order valence-electron chi connectivity index (χ1n) is 6.67. The third kappa shape index (κ3) is 3.62. The van der Waals surface area contributed by atoms with Gasteiger partial charge in [-0.05, 0) is 12.5 Å². The molecule has 2 heterocycles. The van der Waals surface area contributed by atoms with Crippen molar-refractivity contribution in [2.45, 2.75) is 32.9 Å². The molecule has 0 saturated carbocycles. The molecule has 0 aliphatic rings. The normalized spacial score (nSPS) is 10.3. The van der Waals surface area contributed by atoms with Gasteiger partial charge >= 0.3 is 5.69 Å². The van der Waals surface area contributed by atoms with Crippen LogP contribution in [-0.4, -0.2) is 20.8 Å². The Labute approximate surface area is 122 Å². The van der Waals surface area contributed by atoms with E-state index in [1.54, 1.807) is 20.5 Å². The lowest BCUT2D eigenvalue weighted by Crippen LogP contribution is -2.24. The second kappa shape index (κ2) is 7.13. The van der Waals surface area contributed by atoms with Crippen LogP contribution in [0.25, 0.3) is 0 Å². The fraction of sp³-hybridized carbons (Fsp3) is 0.400. The lowest BCUT2D eigenvalue weighted by Gasteiger charge is -1.99. The quantitative estimate of drug-likeness (QED) is 0.855. The highest BCUT2D eigenvalue weighted by molar-refractivity contribution is 7.10. The maximum Gasteiger partial charge on any atom is 0.328 e. The molecule has 0 saturated heterocycles. The maximum atomic E-state index is 12.1. The smallest absolute Gasteiger partial charge is 0.328 e. The molecule has 0 radical (unpaired) electrons. The van der Waals surface area contributed by atoms with Crippen LogP contribution in [-0.2, 0) is 13.1 Å². The van der Waals surface area contributed by atoms with Crippen molar-refractivity contribution in [2.75, 3.05) is 6.61 Å². The molecular weight excluding hydrogens is 272 g/mol. The summed E-state index contributed by atoms with van der Waals surface area (Å²) in [5.74, 6) is 5.89. The van der Waals surface area contributed by atoms with E-state index < -0.39 is 0 Å². The summed E-state index contributed by atoms with van der Waals surface area (Å²) >= 11 is 1.60. The highest BCUT2D eigenvalue weighted by Crippen LogP contribution is 2.14.